The van der Waals surface area contributed by atoms with Crippen LogP contribution in [0, 0.1) is 11.3 Å². The van der Waals surface area contributed by atoms with Crippen LogP contribution in [-0.4, -0.2) is 18.0 Å². The zero-order valence-electron chi connectivity index (χ0n) is 15.7. The van der Waals surface area contributed by atoms with Crippen molar-refractivity contribution >= 4 is 17.6 Å². The molecule has 0 spiro atoms. The molecule has 0 bridgehead atoms. The molecular formula is C23H18N2O4. The van der Waals surface area contributed by atoms with E-state index < -0.39 is 18.0 Å². The maximum Gasteiger partial charge on any atom is 0.338 e. The lowest BCUT2D eigenvalue weighted by Gasteiger charge is -2.14. The molecule has 0 heterocycles. The third-order valence-electron chi connectivity index (χ3n) is 3.98. The first-order valence-electron chi connectivity index (χ1n) is 8.90. The lowest BCUT2D eigenvalue weighted by molar-refractivity contribution is -0.123. The summed E-state index contributed by atoms with van der Waals surface area (Å²) >= 11 is 0. The fourth-order valence-corrected chi connectivity index (χ4v) is 2.48. The molecule has 0 fully saturated rings. The molecule has 0 saturated heterocycles. The van der Waals surface area contributed by atoms with Crippen molar-refractivity contribution in [1.82, 2.24) is 0 Å². The third kappa shape index (κ3) is 5.44. The summed E-state index contributed by atoms with van der Waals surface area (Å²) in [5.74, 6) is 0.159. The molecule has 3 aromatic carbocycles. The van der Waals surface area contributed by atoms with Crippen LogP contribution in [0.4, 0.5) is 5.69 Å². The number of nitrogens with one attached hydrogen (secondary N) is 1. The van der Waals surface area contributed by atoms with E-state index in [4.69, 9.17) is 14.7 Å². The highest BCUT2D eigenvalue weighted by atomic mass is 16.5. The number of ether oxygens (including phenoxy) is 2. The van der Waals surface area contributed by atoms with Gasteiger partial charge in [0.2, 0.25) is 0 Å². The molecule has 6 nitrogen and oxygen atoms in total. The van der Waals surface area contributed by atoms with Crippen molar-refractivity contribution in [2.75, 3.05) is 5.32 Å². The van der Waals surface area contributed by atoms with Crippen LogP contribution >= 0.6 is 0 Å². The van der Waals surface area contributed by atoms with Gasteiger partial charge < -0.3 is 14.8 Å². The Hall–Kier alpha value is -4.11. The van der Waals surface area contributed by atoms with Crippen LogP contribution in [0.25, 0.3) is 0 Å². The Bertz CT molecular complexity index is 1040. The van der Waals surface area contributed by atoms with Gasteiger partial charge in [0.15, 0.2) is 6.10 Å². The Balaban J connectivity index is 1.57. The van der Waals surface area contributed by atoms with E-state index in [0.29, 0.717) is 28.3 Å². The number of hydrogen-bond donors (Lipinski definition) is 1. The summed E-state index contributed by atoms with van der Waals surface area (Å²) in [6.07, 6.45) is -1.01. The SMILES string of the molecule is C[C@@H](OC(=O)c1ccc(Oc2ccccc2)cc1)C(=O)Nc1cccc(C#N)c1. The Morgan fingerprint density at radius 3 is 2.31 bits per heavy atom. The molecule has 0 aliphatic carbocycles. The van der Waals surface area contributed by atoms with Crippen molar-refractivity contribution in [2.24, 2.45) is 0 Å². The molecule has 1 amide bonds. The van der Waals surface area contributed by atoms with Crippen LogP contribution in [0.3, 0.4) is 0 Å². The van der Waals surface area contributed by atoms with E-state index in [0.717, 1.165) is 0 Å². The Kier molecular flexibility index (Phi) is 6.23. The predicted molar refractivity (Wildman–Crippen MR) is 108 cm³/mol. The predicted octanol–water partition coefficient (Wildman–Crippen LogP) is 4.53. The molecule has 0 aliphatic rings. The lowest BCUT2D eigenvalue weighted by Crippen LogP contribution is -2.30. The molecule has 1 atom stereocenters. The highest BCUT2D eigenvalue weighted by Crippen LogP contribution is 2.21. The summed E-state index contributed by atoms with van der Waals surface area (Å²) in [5, 5.41) is 11.5. The lowest BCUT2D eigenvalue weighted by atomic mass is 10.2. The van der Waals surface area contributed by atoms with Crippen molar-refractivity contribution in [3.8, 4) is 17.6 Å². The van der Waals surface area contributed by atoms with E-state index >= 15 is 0 Å². The second kappa shape index (κ2) is 9.20. The van der Waals surface area contributed by atoms with E-state index in [1.54, 1.807) is 42.5 Å². The standard InChI is InChI=1S/C23H18N2O4/c1-16(22(26)25-19-7-5-6-17(14-19)15-24)28-23(27)18-10-12-21(13-11-18)29-20-8-3-2-4-9-20/h2-14,16H,1H3,(H,25,26)/t16-/m1/s1. The van der Waals surface area contributed by atoms with Crippen molar-refractivity contribution in [3.05, 3.63) is 90.0 Å². The van der Waals surface area contributed by atoms with E-state index in [2.05, 4.69) is 5.32 Å². The van der Waals surface area contributed by atoms with Gasteiger partial charge in [-0.3, -0.25) is 4.79 Å². The number of anilines is 1. The average molecular weight is 386 g/mol. The summed E-state index contributed by atoms with van der Waals surface area (Å²) in [7, 11) is 0. The van der Waals surface area contributed by atoms with E-state index in [1.807, 2.05) is 36.4 Å². The summed E-state index contributed by atoms with van der Waals surface area (Å²) in [6, 6.07) is 24.2. The van der Waals surface area contributed by atoms with Crippen LogP contribution in [-0.2, 0) is 9.53 Å². The van der Waals surface area contributed by atoms with Gasteiger partial charge >= 0.3 is 5.97 Å². The van der Waals surface area contributed by atoms with Gasteiger partial charge in [-0.05, 0) is 61.5 Å². The quantitative estimate of drug-likeness (QED) is 0.629. The average Bonchev–Trinajstić information content (AvgIpc) is 2.75. The first-order chi connectivity index (χ1) is 14.0. The van der Waals surface area contributed by atoms with E-state index in [-0.39, 0.29) is 0 Å². The molecular weight excluding hydrogens is 368 g/mol. The van der Waals surface area contributed by atoms with Gasteiger partial charge in [-0.2, -0.15) is 5.26 Å². The molecule has 0 aromatic heterocycles. The van der Waals surface area contributed by atoms with Gasteiger partial charge in [0.05, 0.1) is 17.2 Å². The second-order valence-corrected chi connectivity index (χ2v) is 6.17. The Morgan fingerprint density at radius 1 is 0.931 bits per heavy atom. The number of hydrogen-bond acceptors (Lipinski definition) is 5. The number of carbonyl (C=O) groups is 2. The summed E-state index contributed by atoms with van der Waals surface area (Å²) in [6.45, 7) is 1.48. The van der Waals surface area contributed by atoms with Gasteiger partial charge in [0.1, 0.15) is 11.5 Å². The van der Waals surface area contributed by atoms with E-state index in [9.17, 15) is 9.59 Å². The fourth-order valence-electron chi connectivity index (χ4n) is 2.48. The molecule has 1 N–H and O–H groups in total. The normalized spacial score (nSPS) is 11.0. The van der Waals surface area contributed by atoms with Crippen LogP contribution in [0.15, 0.2) is 78.9 Å². The van der Waals surface area contributed by atoms with Crippen molar-refractivity contribution < 1.29 is 19.1 Å². The molecule has 29 heavy (non-hydrogen) atoms. The summed E-state index contributed by atoms with van der Waals surface area (Å²) in [4.78, 5) is 24.5. The smallest absolute Gasteiger partial charge is 0.338 e. The first-order valence-corrected chi connectivity index (χ1v) is 8.90. The fraction of sp³-hybridized carbons (Fsp3) is 0.0870. The summed E-state index contributed by atoms with van der Waals surface area (Å²) < 4.78 is 10.9. The van der Waals surface area contributed by atoms with Crippen molar-refractivity contribution in [2.45, 2.75) is 13.0 Å². The highest BCUT2D eigenvalue weighted by molar-refractivity contribution is 5.97. The zero-order valence-corrected chi connectivity index (χ0v) is 15.7. The highest BCUT2D eigenvalue weighted by Gasteiger charge is 2.19. The van der Waals surface area contributed by atoms with Crippen LogP contribution in [0.1, 0.15) is 22.8 Å². The van der Waals surface area contributed by atoms with Crippen LogP contribution in [0.2, 0.25) is 0 Å². The Morgan fingerprint density at radius 2 is 1.62 bits per heavy atom. The second-order valence-electron chi connectivity index (χ2n) is 6.17. The number of carbonyl (C=O) groups excluding carboxylic acids is 2. The monoisotopic (exact) mass is 386 g/mol. The van der Waals surface area contributed by atoms with Crippen molar-refractivity contribution in [3.63, 3.8) is 0 Å². The Labute approximate surface area is 168 Å². The maximum atomic E-state index is 12.3. The minimum atomic E-state index is -1.01. The number of nitriles is 1. The zero-order chi connectivity index (χ0) is 20.6. The molecule has 0 saturated carbocycles. The van der Waals surface area contributed by atoms with Gasteiger partial charge in [-0.25, -0.2) is 4.79 Å². The molecule has 0 aliphatic heterocycles. The number of rotatable bonds is 6. The van der Waals surface area contributed by atoms with Gasteiger partial charge in [-0.15, -0.1) is 0 Å². The first kappa shape index (κ1) is 19.6. The van der Waals surface area contributed by atoms with Crippen LogP contribution in [0.5, 0.6) is 11.5 Å². The minimum Gasteiger partial charge on any atom is -0.457 e. The van der Waals surface area contributed by atoms with Gasteiger partial charge in [-0.1, -0.05) is 24.3 Å². The topological polar surface area (TPSA) is 88.4 Å². The molecule has 0 radical (unpaired) electrons. The number of esters is 1. The number of nitrogens with zero attached hydrogens (tertiary/aromatic N) is 1. The summed E-state index contributed by atoms with van der Waals surface area (Å²) in [5.41, 5.74) is 1.18. The van der Waals surface area contributed by atoms with Gasteiger partial charge in [0.25, 0.3) is 5.91 Å². The molecule has 3 aromatic rings. The van der Waals surface area contributed by atoms with Crippen molar-refractivity contribution in [1.29, 1.82) is 5.26 Å². The minimum absolute atomic E-state index is 0.302. The number of benzene rings is 3. The molecule has 3 rings (SSSR count). The molecule has 144 valence electrons. The molecule has 6 heteroatoms. The van der Waals surface area contributed by atoms with Gasteiger partial charge in [0, 0.05) is 5.69 Å². The largest absolute Gasteiger partial charge is 0.457 e. The number of para-hydroxylation sites is 1. The number of amides is 1. The van der Waals surface area contributed by atoms with E-state index in [1.165, 1.54) is 13.0 Å². The van der Waals surface area contributed by atoms with Crippen LogP contribution < -0.4 is 10.1 Å². The third-order valence-corrected chi connectivity index (χ3v) is 3.98. The maximum absolute atomic E-state index is 12.3. The molecule has 0 unspecified atom stereocenters.